The second kappa shape index (κ2) is 9.08. The van der Waals surface area contributed by atoms with Crippen LogP contribution in [0.15, 0.2) is 30.3 Å². The van der Waals surface area contributed by atoms with E-state index in [1.807, 2.05) is 30.3 Å². The van der Waals surface area contributed by atoms with Gasteiger partial charge in [-0.15, -0.1) is 11.5 Å². The van der Waals surface area contributed by atoms with Gasteiger partial charge in [-0.25, -0.2) is 0 Å². The first-order chi connectivity index (χ1) is 10.8. The molecule has 0 atom stereocenters. The summed E-state index contributed by atoms with van der Waals surface area (Å²) in [6.07, 6.45) is 2.29. The molecule has 0 saturated carbocycles. The lowest BCUT2D eigenvalue weighted by Gasteiger charge is -2.38. The van der Waals surface area contributed by atoms with Gasteiger partial charge in [-0.05, 0) is 23.0 Å². The first-order valence-electron chi connectivity index (χ1n) is 8.90. The van der Waals surface area contributed by atoms with Crippen LogP contribution in [0.1, 0.15) is 71.2 Å². The highest BCUT2D eigenvalue weighted by Gasteiger charge is 2.41. The average molecular weight is 329 g/mol. The van der Waals surface area contributed by atoms with Gasteiger partial charge in [0.1, 0.15) is 8.07 Å². The van der Waals surface area contributed by atoms with Gasteiger partial charge < -0.3 is 0 Å². The van der Waals surface area contributed by atoms with Gasteiger partial charge in [0.2, 0.25) is 0 Å². The summed E-state index contributed by atoms with van der Waals surface area (Å²) < 4.78 is 0. The van der Waals surface area contributed by atoms with E-state index in [1.165, 1.54) is 0 Å². The third-order valence-corrected chi connectivity index (χ3v) is 11.3. The zero-order valence-electron chi connectivity index (χ0n) is 15.6. The highest BCUT2D eigenvalue weighted by molar-refractivity contribution is 6.90. The molecule has 0 bridgehead atoms. The van der Waals surface area contributed by atoms with E-state index in [-0.39, 0.29) is 5.78 Å². The Balaban J connectivity index is 2.64. The van der Waals surface area contributed by atoms with Crippen molar-refractivity contribution in [3.05, 3.63) is 35.9 Å². The molecule has 0 aliphatic carbocycles. The van der Waals surface area contributed by atoms with Gasteiger partial charge in [-0.1, -0.05) is 71.9 Å². The minimum atomic E-state index is -1.61. The fourth-order valence-electron chi connectivity index (χ4n) is 3.75. The van der Waals surface area contributed by atoms with Crippen molar-refractivity contribution < 1.29 is 4.79 Å². The van der Waals surface area contributed by atoms with Crippen LogP contribution in [0.3, 0.4) is 0 Å². The SMILES string of the molecule is CC(C)[Si](C#CCCCC(=O)c1ccccc1)(C(C)C)C(C)C. The van der Waals surface area contributed by atoms with Crippen molar-refractivity contribution in [3.63, 3.8) is 0 Å². The van der Waals surface area contributed by atoms with Gasteiger partial charge >= 0.3 is 0 Å². The maximum Gasteiger partial charge on any atom is 0.162 e. The molecular weight excluding hydrogens is 296 g/mol. The van der Waals surface area contributed by atoms with Gasteiger partial charge in [0.15, 0.2) is 5.78 Å². The Bertz CT molecular complexity index is 524. The standard InChI is InChI=1S/C21H32OSi/c1-17(2)23(18(3)4,19(5)6)16-12-8-11-15-21(22)20-13-9-7-10-14-20/h7,9-10,13-14,17-19H,8,11,15H2,1-6H3. The minimum absolute atomic E-state index is 0.229. The van der Waals surface area contributed by atoms with E-state index in [2.05, 4.69) is 53.0 Å². The maximum atomic E-state index is 12.1. The molecule has 23 heavy (non-hydrogen) atoms. The van der Waals surface area contributed by atoms with Crippen LogP contribution in [0.5, 0.6) is 0 Å². The fraction of sp³-hybridized carbons (Fsp3) is 0.571. The van der Waals surface area contributed by atoms with Gasteiger partial charge in [0.25, 0.3) is 0 Å². The quantitative estimate of drug-likeness (QED) is 0.250. The highest BCUT2D eigenvalue weighted by Crippen LogP contribution is 2.40. The van der Waals surface area contributed by atoms with Crippen LogP contribution >= 0.6 is 0 Å². The molecule has 0 unspecified atom stereocenters. The molecule has 0 heterocycles. The second-order valence-corrected chi connectivity index (χ2v) is 12.9. The van der Waals surface area contributed by atoms with Crippen LogP contribution in [-0.2, 0) is 0 Å². The van der Waals surface area contributed by atoms with Crippen molar-refractivity contribution in [1.82, 2.24) is 0 Å². The summed E-state index contributed by atoms with van der Waals surface area (Å²) in [5, 5.41) is 0. The van der Waals surface area contributed by atoms with Crippen molar-refractivity contribution in [1.29, 1.82) is 0 Å². The summed E-state index contributed by atoms with van der Waals surface area (Å²) in [6.45, 7) is 14.0. The number of carbonyl (C=O) groups excluding carboxylic acids is 1. The number of hydrogen-bond donors (Lipinski definition) is 0. The van der Waals surface area contributed by atoms with Crippen LogP contribution in [0, 0.1) is 11.5 Å². The molecular formula is C21H32OSi. The molecule has 0 aliphatic rings. The predicted octanol–water partition coefficient (Wildman–Crippen LogP) is 6.26. The highest BCUT2D eigenvalue weighted by atomic mass is 28.3. The molecule has 0 fully saturated rings. The molecule has 0 saturated heterocycles. The van der Waals surface area contributed by atoms with Crippen LogP contribution in [-0.4, -0.2) is 13.9 Å². The lowest BCUT2D eigenvalue weighted by atomic mass is 10.1. The minimum Gasteiger partial charge on any atom is -0.294 e. The first kappa shape index (κ1) is 19.7. The van der Waals surface area contributed by atoms with Gasteiger partial charge in [0.05, 0.1) is 0 Å². The Morgan fingerprint density at radius 3 is 1.96 bits per heavy atom. The van der Waals surface area contributed by atoms with Crippen LogP contribution in [0.25, 0.3) is 0 Å². The van der Waals surface area contributed by atoms with Crippen molar-refractivity contribution in [3.8, 4) is 11.5 Å². The number of ketones is 1. The molecule has 0 aromatic heterocycles. The Morgan fingerprint density at radius 2 is 1.48 bits per heavy atom. The summed E-state index contributed by atoms with van der Waals surface area (Å²) in [5.41, 5.74) is 6.54. The van der Waals surface area contributed by atoms with E-state index in [4.69, 9.17) is 0 Å². The Labute approximate surface area is 143 Å². The third kappa shape index (κ3) is 5.08. The molecule has 126 valence electrons. The van der Waals surface area contributed by atoms with E-state index in [0.29, 0.717) is 23.0 Å². The van der Waals surface area contributed by atoms with E-state index in [1.54, 1.807) is 0 Å². The molecule has 1 aromatic carbocycles. The number of rotatable bonds is 7. The summed E-state index contributed by atoms with van der Waals surface area (Å²) in [5.74, 6) is 3.67. The molecule has 0 N–H and O–H groups in total. The van der Waals surface area contributed by atoms with E-state index >= 15 is 0 Å². The van der Waals surface area contributed by atoms with Crippen LogP contribution in [0.4, 0.5) is 0 Å². The van der Waals surface area contributed by atoms with Crippen LogP contribution < -0.4 is 0 Å². The molecule has 0 radical (unpaired) electrons. The fourth-order valence-corrected chi connectivity index (χ4v) is 9.05. The summed E-state index contributed by atoms with van der Waals surface area (Å²) >= 11 is 0. The lowest BCUT2D eigenvalue weighted by molar-refractivity contribution is 0.0980. The topological polar surface area (TPSA) is 17.1 Å². The zero-order valence-corrected chi connectivity index (χ0v) is 16.6. The number of hydrogen-bond acceptors (Lipinski definition) is 1. The maximum absolute atomic E-state index is 12.1. The molecule has 2 heteroatoms. The summed E-state index contributed by atoms with van der Waals surface area (Å²) in [7, 11) is -1.61. The normalized spacial score (nSPS) is 11.7. The lowest BCUT2D eigenvalue weighted by Crippen LogP contribution is -2.43. The van der Waals surface area contributed by atoms with Crippen molar-refractivity contribution in [2.75, 3.05) is 0 Å². The van der Waals surface area contributed by atoms with Crippen molar-refractivity contribution in [2.24, 2.45) is 0 Å². The van der Waals surface area contributed by atoms with Crippen molar-refractivity contribution in [2.45, 2.75) is 77.4 Å². The number of carbonyl (C=O) groups is 1. The molecule has 0 aliphatic heterocycles. The monoisotopic (exact) mass is 328 g/mol. The van der Waals surface area contributed by atoms with E-state index in [0.717, 1.165) is 18.4 Å². The molecule has 1 aromatic rings. The second-order valence-electron chi connectivity index (χ2n) is 7.34. The number of benzene rings is 1. The Hall–Kier alpha value is -1.33. The van der Waals surface area contributed by atoms with E-state index in [9.17, 15) is 4.79 Å². The predicted molar refractivity (Wildman–Crippen MR) is 103 cm³/mol. The average Bonchev–Trinajstić information content (AvgIpc) is 2.50. The van der Waals surface area contributed by atoms with Gasteiger partial charge in [0, 0.05) is 18.4 Å². The third-order valence-electron chi connectivity index (χ3n) is 4.97. The van der Waals surface area contributed by atoms with Crippen molar-refractivity contribution >= 4 is 13.9 Å². The zero-order chi connectivity index (χ0) is 17.5. The first-order valence-corrected chi connectivity index (χ1v) is 11.1. The largest absolute Gasteiger partial charge is 0.294 e. The molecule has 0 amide bonds. The smallest absolute Gasteiger partial charge is 0.162 e. The van der Waals surface area contributed by atoms with Gasteiger partial charge in [-0.3, -0.25) is 4.79 Å². The Morgan fingerprint density at radius 1 is 0.957 bits per heavy atom. The molecule has 1 nitrogen and oxygen atoms in total. The van der Waals surface area contributed by atoms with Gasteiger partial charge in [-0.2, -0.15) is 0 Å². The number of Topliss-reactive ketones (excluding diaryl/α,β-unsaturated/α-hetero) is 1. The Kier molecular flexibility index (Phi) is 7.78. The number of unbranched alkanes of at least 4 members (excludes halogenated alkanes) is 1. The molecule has 1 rings (SSSR count). The summed E-state index contributed by atoms with van der Waals surface area (Å²) in [6, 6.07) is 9.56. The molecule has 0 spiro atoms. The summed E-state index contributed by atoms with van der Waals surface area (Å²) in [4.78, 5) is 12.1. The van der Waals surface area contributed by atoms with Crippen LogP contribution in [0.2, 0.25) is 16.6 Å². The van der Waals surface area contributed by atoms with E-state index < -0.39 is 8.07 Å².